The van der Waals surface area contributed by atoms with Gasteiger partial charge in [0, 0.05) is 12.8 Å². The fourth-order valence-electron chi connectivity index (χ4n) is 8.22. The van der Waals surface area contributed by atoms with Gasteiger partial charge in [-0.25, -0.2) is 4.57 Å². The SMILES string of the molecule is CCCCCCCC/C=C\C/C=C/CCC(=O)NC(COP(=O)(O)OCC[N+](C)(C)C)C(/C=C/CCCCCCCCCCCCC)OC(=O)CCCCCCCCC/C=C/CCCCCCCC. The summed E-state index contributed by atoms with van der Waals surface area (Å²) in [5.41, 5.74) is 0. The van der Waals surface area contributed by atoms with E-state index in [1.54, 1.807) is 0 Å². The molecule has 3 atom stereocenters. The lowest BCUT2D eigenvalue weighted by Gasteiger charge is -2.27. The Morgan fingerprint density at radius 1 is 0.507 bits per heavy atom. The molecular weight excluding hydrogens is 880 g/mol. The molecule has 0 bridgehead atoms. The number of likely N-dealkylation sites (N-methyl/N-ethyl adjacent to an activating group) is 1. The summed E-state index contributed by atoms with van der Waals surface area (Å²) >= 11 is 0. The van der Waals surface area contributed by atoms with E-state index in [2.05, 4.69) is 56.5 Å². The van der Waals surface area contributed by atoms with Crippen LogP contribution in [0.2, 0.25) is 0 Å². The number of phosphoric ester groups is 1. The van der Waals surface area contributed by atoms with Crippen molar-refractivity contribution in [2.24, 2.45) is 0 Å². The number of nitrogens with zero attached hydrogens (tertiary/aromatic N) is 1. The first-order chi connectivity index (χ1) is 33.4. The molecule has 0 rings (SSSR count). The van der Waals surface area contributed by atoms with Crippen LogP contribution in [0.4, 0.5) is 0 Å². The van der Waals surface area contributed by atoms with Gasteiger partial charge >= 0.3 is 13.8 Å². The standard InChI is InChI=1S/C59H111N2O7P/c1-7-10-13-16-19-22-25-28-29-30-31-34-37-40-43-46-49-52-59(63)68-57(50-47-44-41-38-35-32-26-23-20-17-14-11-8-2)56(55-67-69(64,65)66-54-53-61(4,5)6)60-58(62)51-48-45-42-39-36-33-27-24-21-18-15-12-9-3/h28-29,33,36,42,45,47,50,56-57H,7-27,30-32,34-35,37-41,43-44,46,48-49,51-55H2,1-6H3,(H-,60,62,64,65)/p+1/b29-28+,36-33-,45-42+,50-47+. The lowest BCUT2D eigenvalue weighted by atomic mass is 10.0. The van der Waals surface area contributed by atoms with E-state index in [0.717, 1.165) is 64.2 Å². The van der Waals surface area contributed by atoms with E-state index in [9.17, 15) is 19.0 Å². The summed E-state index contributed by atoms with van der Waals surface area (Å²) in [7, 11) is 1.47. The number of unbranched alkanes of at least 4 members (excludes halogenated alkanes) is 30. The maximum atomic E-state index is 13.4. The van der Waals surface area contributed by atoms with Gasteiger partial charge in [-0.2, -0.15) is 0 Å². The molecule has 0 saturated carbocycles. The molecule has 0 saturated heterocycles. The van der Waals surface area contributed by atoms with Crippen molar-refractivity contribution in [2.45, 2.75) is 277 Å². The number of hydrogen-bond acceptors (Lipinski definition) is 6. The third-order valence-electron chi connectivity index (χ3n) is 12.8. The predicted molar refractivity (Wildman–Crippen MR) is 295 cm³/mol. The molecule has 0 aromatic heterocycles. The monoisotopic (exact) mass is 992 g/mol. The van der Waals surface area contributed by atoms with Crippen LogP contribution in [0.1, 0.15) is 265 Å². The second-order valence-electron chi connectivity index (χ2n) is 20.8. The van der Waals surface area contributed by atoms with Crippen molar-refractivity contribution >= 4 is 19.7 Å². The van der Waals surface area contributed by atoms with E-state index in [4.69, 9.17) is 13.8 Å². The molecule has 1 amide bonds. The second kappa shape index (κ2) is 49.5. The molecular formula is C59H112N2O7P+. The van der Waals surface area contributed by atoms with E-state index in [-0.39, 0.29) is 37.9 Å². The smallest absolute Gasteiger partial charge is 0.456 e. The van der Waals surface area contributed by atoms with Gasteiger partial charge in [-0.1, -0.05) is 224 Å². The molecule has 0 radical (unpaired) electrons. The van der Waals surface area contributed by atoms with Gasteiger partial charge in [-0.15, -0.1) is 0 Å². The van der Waals surface area contributed by atoms with Crippen molar-refractivity contribution < 1.29 is 37.3 Å². The fourth-order valence-corrected chi connectivity index (χ4v) is 8.96. The summed E-state index contributed by atoms with van der Waals surface area (Å²) in [6.07, 6.45) is 59.8. The molecule has 404 valence electrons. The molecule has 0 spiro atoms. The summed E-state index contributed by atoms with van der Waals surface area (Å²) in [5, 5.41) is 3.01. The van der Waals surface area contributed by atoms with Crippen LogP contribution < -0.4 is 5.32 Å². The van der Waals surface area contributed by atoms with Crippen LogP contribution in [0.5, 0.6) is 0 Å². The minimum Gasteiger partial charge on any atom is -0.456 e. The van der Waals surface area contributed by atoms with Crippen LogP contribution in [0, 0.1) is 0 Å². The Kier molecular flexibility index (Phi) is 48.1. The summed E-state index contributed by atoms with van der Waals surface area (Å²) in [5.74, 6) is -0.584. The Morgan fingerprint density at radius 2 is 0.899 bits per heavy atom. The molecule has 2 N–H and O–H groups in total. The van der Waals surface area contributed by atoms with E-state index < -0.39 is 20.0 Å². The highest BCUT2D eigenvalue weighted by atomic mass is 31.2. The topological polar surface area (TPSA) is 111 Å². The summed E-state index contributed by atoms with van der Waals surface area (Å²) in [6.45, 7) is 6.96. The molecule has 9 nitrogen and oxygen atoms in total. The number of amides is 1. The predicted octanol–water partition coefficient (Wildman–Crippen LogP) is 17.3. The normalized spacial score (nSPS) is 14.1. The number of carbonyl (C=O) groups is 2. The zero-order chi connectivity index (χ0) is 50.8. The molecule has 0 aliphatic heterocycles. The Morgan fingerprint density at radius 3 is 1.35 bits per heavy atom. The highest BCUT2D eigenvalue weighted by Gasteiger charge is 2.30. The number of nitrogens with one attached hydrogen (secondary N) is 1. The van der Waals surface area contributed by atoms with Gasteiger partial charge < -0.3 is 19.4 Å². The zero-order valence-corrected chi connectivity index (χ0v) is 47.0. The number of ether oxygens (including phenoxy) is 1. The van der Waals surface area contributed by atoms with Gasteiger partial charge in [0.25, 0.3) is 0 Å². The Hall–Kier alpha value is -2.03. The first kappa shape index (κ1) is 67.0. The van der Waals surface area contributed by atoms with Gasteiger partial charge in [-0.05, 0) is 76.7 Å². The van der Waals surface area contributed by atoms with Crippen LogP contribution in [-0.4, -0.2) is 74.3 Å². The van der Waals surface area contributed by atoms with Crippen molar-refractivity contribution in [1.29, 1.82) is 0 Å². The van der Waals surface area contributed by atoms with Crippen LogP contribution in [0.15, 0.2) is 48.6 Å². The highest BCUT2D eigenvalue weighted by molar-refractivity contribution is 7.47. The Bertz CT molecular complexity index is 1330. The summed E-state index contributed by atoms with van der Waals surface area (Å²) in [4.78, 5) is 37.5. The molecule has 69 heavy (non-hydrogen) atoms. The van der Waals surface area contributed by atoms with Crippen molar-refractivity contribution in [1.82, 2.24) is 5.32 Å². The van der Waals surface area contributed by atoms with Gasteiger partial charge in [0.15, 0.2) is 0 Å². The van der Waals surface area contributed by atoms with Crippen molar-refractivity contribution in [3.63, 3.8) is 0 Å². The number of hydrogen-bond donors (Lipinski definition) is 2. The first-order valence-corrected chi connectivity index (χ1v) is 30.5. The molecule has 0 aliphatic rings. The van der Waals surface area contributed by atoms with Crippen LogP contribution >= 0.6 is 7.82 Å². The van der Waals surface area contributed by atoms with Gasteiger partial charge in [0.05, 0.1) is 33.8 Å². The Balaban J connectivity index is 5.42. The summed E-state index contributed by atoms with van der Waals surface area (Å²) < 4.78 is 30.6. The van der Waals surface area contributed by atoms with Crippen molar-refractivity contribution in [3.8, 4) is 0 Å². The van der Waals surface area contributed by atoms with Gasteiger partial charge in [0.2, 0.25) is 5.91 Å². The van der Waals surface area contributed by atoms with Crippen LogP contribution in [0.25, 0.3) is 0 Å². The molecule has 0 heterocycles. The van der Waals surface area contributed by atoms with E-state index >= 15 is 0 Å². The van der Waals surface area contributed by atoms with Crippen LogP contribution in [0.3, 0.4) is 0 Å². The number of phosphoric acid groups is 1. The molecule has 3 unspecified atom stereocenters. The van der Waals surface area contributed by atoms with Gasteiger partial charge in [-0.3, -0.25) is 18.6 Å². The van der Waals surface area contributed by atoms with E-state index in [1.165, 1.54) is 161 Å². The van der Waals surface area contributed by atoms with Crippen LogP contribution in [-0.2, 0) is 27.9 Å². The molecule has 0 aromatic carbocycles. The van der Waals surface area contributed by atoms with E-state index in [1.807, 2.05) is 39.4 Å². The maximum absolute atomic E-state index is 13.4. The molecule has 0 fully saturated rings. The lowest BCUT2D eigenvalue weighted by Crippen LogP contribution is -2.47. The highest BCUT2D eigenvalue weighted by Crippen LogP contribution is 2.43. The Labute approximate surface area is 427 Å². The van der Waals surface area contributed by atoms with Gasteiger partial charge in [0.1, 0.15) is 19.3 Å². The van der Waals surface area contributed by atoms with E-state index in [0.29, 0.717) is 17.4 Å². The lowest BCUT2D eigenvalue weighted by molar-refractivity contribution is -0.870. The number of allylic oxidation sites excluding steroid dienone is 7. The molecule has 0 aliphatic carbocycles. The zero-order valence-electron chi connectivity index (χ0n) is 46.1. The minimum atomic E-state index is -4.46. The summed E-state index contributed by atoms with van der Waals surface area (Å²) in [6, 6.07) is -0.878. The third kappa shape index (κ3) is 50.7. The number of rotatable bonds is 52. The largest absolute Gasteiger partial charge is 0.472 e. The maximum Gasteiger partial charge on any atom is 0.472 e. The van der Waals surface area contributed by atoms with Crippen molar-refractivity contribution in [2.75, 3.05) is 40.9 Å². The average Bonchev–Trinajstić information content (AvgIpc) is 3.31. The minimum absolute atomic E-state index is 0.0306. The number of quaternary nitrogens is 1. The quantitative estimate of drug-likeness (QED) is 0.0205. The fraction of sp³-hybridized carbons (Fsp3) is 0.831. The average molecular weight is 993 g/mol. The first-order valence-electron chi connectivity index (χ1n) is 29.0. The van der Waals surface area contributed by atoms with Crippen molar-refractivity contribution in [3.05, 3.63) is 48.6 Å². The molecule has 10 heteroatoms. The third-order valence-corrected chi connectivity index (χ3v) is 13.7. The number of carbonyl (C=O) groups excluding carboxylic acids is 2. The number of esters is 1. The second-order valence-corrected chi connectivity index (χ2v) is 22.3. The molecule has 0 aromatic rings.